The fraction of sp³-hybridized carbons (Fsp3) is 0.367. The number of thiophene rings is 1. The zero-order chi connectivity index (χ0) is 26.2. The Bertz CT molecular complexity index is 1320. The number of hydrogen-bond donors (Lipinski definition) is 1. The van der Waals surface area contributed by atoms with E-state index in [1.54, 1.807) is 35.6 Å². The van der Waals surface area contributed by atoms with Gasteiger partial charge in [-0.25, -0.2) is 4.39 Å². The zero-order valence-electron chi connectivity index (χ0n) is 21.4. The maximum atomic E-state index is 14.6. The minimum Gasteiger partial charge on any atom is -0.369 e. The van der Waals surface area contributed by atoms with Crippen LogP contribution in [-0.4, -0.2) is 43.5 Å². The second-order valence-corrected chi connectivity index (χ2v) is 12.3. The standard InChI is InChI=1S/C30H33ClFN3OS/c1-30(2)10-9-21(18-34-11-13-35(14-12-34)24-6-3-20(4-7-24)29(33)36)26(17-30)28-15-22(19-37-28)25-8-5-23(31)16-27(25)32/h3-8,15-16,19H,9-14,17-18H2,1-2H3,(H2,33,36). The molecular formula is C30H33ClFN3OS. The summed E-state index contributed by atoms with van der Waals surface area (Å²) in [7, 11) is 0. The quantitative estimate of drug-likeness (QED) is 0.365. The van der Waals surface area contributed by atoms with Gasteiger partial charge in [0.25, 0.3) is 0 Å². The summed E-state index contributed by atoms with van der Waals surface area (Å²) in [6, 6.07) is 14.6. The van der Waals surface area contributed by atoms with E-state index in [1.165, 1.54) is 28.5 Å². The van der Waals surface area contributed by atoms with Gasteiger partial charge in [-0.15, -0.1) is 11.3 Å². The number of hydrogen-bond acceptors (Lipinski definition) is 4. The Morgan fingerprint density at radius 2 is 1.81 bits per heavy atom. The molecule has 7 heteroatoms. The highest BCUT2D eigenvalue weighted by atomic mass is 35.5. The van der Waals surface area contributed by atoms with Crippen LogP contribution >= 0.6 is 22.9 Å². The van der Waals surface area contributed by atoms with E-state index in [0.29, 0.717) is 16.1 Å². The molecule has 0 saturated carbocycles. The molecule has 5 rings (SSSR count). The topological polar surface area (TPSA) is 49.6 Å². The molecule has 0 radical (unpaired) electrons. The fourth-order valence-electron chi connectivity index (χ4n) is 5.40. The molecule has 0 bridgehead atoms. The summed E-state index contributed by atoms with van der Waals surface area (Å²) in [5, 5.41) is 2.48. The van der Waals surface area contributed by atoms with Crippen LogP contribution in [0, 0.1) is 11.2 Å². The molecule has 0 spiro atoms. The predicted octanol–water partition coefficient (Wildman–Crippen LogP) is 7.09. The minimum absolute atomic E-state index is 0.254. The van der Waals surface area contributed by atoms with Gasteiger partial charge in [0, 0.05) is 59.4 Å². The Morgan fingerprint density at radius 1 is 1.08 bits per heavy atom. The molecule has 1 saturated heterocycles. The first-order chi connectivity index (χ1) is 17.7. The lowest BCUT2D eigenvalue weighted by Gasteiger charge is -2.39. The van der Waals surface area contributed by atoms with Crippen molar-refractivity contribution in [3.63, 3.8) is 0 Å². The molecule has 194 valence electrons. The third-order valence-electron chi connectivity index (χ3n) is 7.63. The number of anilines is 1. The molecule has 1 aliphatic carbocycles. The second kappa shape index (κ2) is 10.6. The Kier molecular flexibility index (Phi) is 7.44. The first kappa shape index (κ1) is 26.0. The number of piperazine rings is 1. The summed E-state index contributed by atoms with van der Waals surface area (Å²) < 4.78 is 14.6. The highest BCUT2D eigenvalue weighted by Gasteiger charge is 2.30. The van der Waals surface area contributed by atoms with E-state index in [4.69, 9.17) is 17.3 Å². The van der Waals surface area contributed by atoms with E-state index in [0.717, 1.165) is 56.8 Å². The summed E-state index contributed by atoms with van der Waals surface area (Å²) in [4.78, 5) is 17.5. The molecule has 2 N–H and O–H groups in total. The number of amides is 1. The van der Waals surface area contributed by atoms with E-state index in [-0.39, 0.29) is 11.2 Å². The minimum atomic E-state index is -0.396. The molecule has 1 amide bonds. The Morgan fingerprint density at radius 3 is 2.49 bits per heavy atom. The van der Waals surface area contributed by atoms with Crippen molar-refractivity contribution in [1.82, 2.24) is 4.90 Å². The van der Waals surface area contributed by atoms with Crippen molar-refractivity contribution >= 4 is 40.1 Å². The molecular weight excluding hydrogens is 505 g/mol. The first-order valence-electron chi connectivity index (χ1n) is 12.8. The van der Waals surface area contributed by atoms with Gasteiger partial charge in [0.2, 0.25) is 5.91 Å². The third-order valence-corrected chi connectivity index (χ3v) is 8.85. The Labute approximate surface area is 227 Å². The fourth-order valence-corrected chi connectivity index (χ4v) is 6.56. The van der Waals surface area contributed by atoms with Crippen molar-refractivity contribution in [2.24, 2.45) is 11.1 Å². The van der Waals surface area contributed by atoms with E-state index >= 15 is 0 Å². The monoisotopic (exact) mass is 537 g/mol. The number of nitrogens with two attached hydrogens (primary N) is 1. The molecule has 1 aromatic heterocycles. The maximum absolute atomic E-state index is 14.6. The number of carbonyl (C=O) groups excluding carboxylic acids is 1. The van der Waals surface area contributed by atoms with Crippen LogP contribution in [0.15, 0.2) is 59.5 Å². The van der Waals surface area contributed by atoms with Crippen LogP contribution in [0.25, 0.3) is 16.7 Å². The van der Waals surface area contributed by atoms with Crippen molar-refractivity contribution in [3.05, 3.63) is 80.8 Å². The Balaban J connectivity index is 1.32. The van der Waals surface area contributed by atoms with E-state index in [1.807, 2.05) is 12.1 Å². The molecule has 0 unspecified atom stereocenters. The van der Waals surface area contributed by atoms with Gasteiger partial charge >= 0.3 is 0 Å². The normalized spacial score (nSPS) is 18.3. The van der Waals surface area contributed by atoms with Gasteiger partial charge in [-0.05, 0) is 89.7 Å². The number of carbonyl (C=O) groups is 1. The largest absolute Gasteiger partial charge is 0.369 e. The van der Waals surface area contributed by atoms with Crippen molar-refractivity contribution in [1.29, 1.82) is 0 Å². The molecule has 4 nitrogen and oxygen atoms in total. The smallest absolute Gasteiger partial charge is 0.248 e. The number of benzene rings is 2. The molecule has 2 aliphatic rings. The SMILES string of the molecule is CC1(C)CCC(CN2CCN(c3ccc(C(N)=O)cc3)CC2)=C(c2cc(-c3ccc(Cl)cc3F)cs2)C1. The number of allylic oxidation sites excluding steroid dienone is 1. The van der Waals surface area contributed by atoms with E-state index in [9.17, 15) is 9.18 Å². The van der Waals surface area contributed by atoms with Crippen molar-refractivity contribution in [3.8, 4) is 11.1 Å². The average Bonchev–Trinajstić information content (AvgIpc) is 3.35. The number of halogens is 2. The highest BCUT2D eigenvalue weighted by molar-refractivity contribution is 7.11. The number of rotatable bonds is 6. The third kappa shape index (κ3) is 5.92. The van der Waals surface area contributed by atoms with Gasteiger partial charge in [0.1, 0.15) is 5.82 Å². The van der Waals surface area contributed by atoms with E-state index < -0.39 is 5.91 Å². The second-order valence-electron chi connectivity index (χ2n) is 10.9. The maximum Gasteiger partial charge on any atom is 0.248 e. The van der Waals surface area contributed by atoms with Gasteiger partial charge in [0.15, 0.2) is 0 Å². The number of nitrogens with zero attached hydrogens (tertiary/aromatic N) is 2. The summed E-state index contributed by atoms with van der Waals surface area (Å²) in [5.74, 6) is -0.676. The van der Waals surface area contributed by atoms with Crippen molar-refractivity contribution in [2.45, 2.75) is 33.1 Å². The van der Waals surface area contributed by atoms with Crippen molar-refractivity contribution in [2.75, 3.05) is 37.6 Å². The van der Waals surface area contributed by atoms with Crippen LogP contribution in [0.2, 0.25) is 5.02 Å². The van der Waals surface area contributed by atoms with Gasteiger partial charge < -0.3 is 10.6 Å². The van der Waals surface area contributed by atoms with Gasteiger partial charge in [-0.2, -0.15) is 0 Å². The lowest BCUT2D eigenvalue weighted by atomic mass is 9.73. The van der Waals surface area contributed by atoms with Crippen LogP contribution in [0.1, 0.15) is 48.3 Å². The molecule has 37 heavy (non-hydrogen) atoms. The van der Waals surface area contributed by atoms with Gasteiger partial charge in [0.05, 0.1) is 0 Å². The summed E-state index contributed by atoms with van der Waals surface area (Å²) in [6.45, 7) is 9.54. The highest BCUT2D eigenvalue weighted by Crippen LogP contribution is 2.45. The van der Waals surface area contributed by atoms with Crippen LogP contribution in [0.3, 0.4) is 0 Å². The molecule has 0 atom stereocenters. The molecule has 1 fully saturated rings. The summed E-state index contributed by atoms with van der Waals surface area (Å²) in [6.07, 6.45) is 3.32. The van der Waals surface area contributed by atoms with Crippen LogP contribution in [-0.2, 0) is 0 Å². The first-order valence-corrected chi connectivity index (χ1v) is 14.1. The summed E-state index contributed by atoms with van der Waals surface area (Å²) in [5.41, 5.74) is 11.8. The van der Waals surface area contributed by atoms with Crippen LogP contribution in [0.5, 0.6) is 0 Å². The van der Waals surface area contributed by atoms with Gasteiger partial charge in [-0.3, -0.25) is 9.69 Å². The summed E-state index contributed by atoms with van der Waals surface area (Å²) >= 11 is 7.68. The van der Waals surface area contributed by atoms with Gasteiger partial charge in [-0.1, -0.05) is 31.0 Å². The van der Waals surface area contributed by atoms with Crippen molar-refractivity contribution < 1.29 is 9.18 Å². The zero-order valence-corrected chi connectivity index (χ0v) is 23.0. The number of primary amides is 1. The Hall–Kier alpha value is -2.67. The van der Waals surface area contributed by atoms with Crippen LogP contribution < -0.4 is 10.6 Å². The average molecular weight is 538 g/mol. The molecule has 2 aromatic carbocycles. The molecule has 3 aromatic rings. The van der Waals surface area contributed by atoms with E-state index in [2.05, 4.69) is 35.1 Å². The predicted molar refractivity (Wildman–Crippen MR) is 153 cm³/mol. The molecule has 1 aliphatic heterocycles. The molecule has 2 heterocycles. The lowest BCUT2D eigenvalue weighted by molar-refractivity contribution is 0.100. The van der Waals surface area contributed by atoms with Crippen LogP contribution in [0.4, 0.5) is 10.1 Å². The lowest BCUT2D eigenvalue weighted by Crippen LogP contribution is -2.47.